The van der Waals surface area contributed by atoms with E-state index in [1.807, 2.05) is 14.0 Å². The lowest BCUT2D eigenvalue weighted by molar-refractivity contribution is -0.137. The molecule has 0 amide bonds. The molecule has 1 aromatic carbocycles. The second-order valence-electron chi connectivity index (χ2n) is 4.60. The Morgan fingerprint density at radius 1 is 1.35 bits per heavy atom. The Morgan fingerprint density at radius 2 is 2.10 bits per heavy atom. The highest BCUT2D eigenvalue weighted by Crippen LogP contribution is 2.32. The van der Waals surface area contributed by atoms with Crippen molar-refractivity contribution in [1.82, 2.24) is 10.3 Å². The third-order valence-corrected chi connectivity index (χ3v) is 2.99. The molecule has 0 spiro atoms. The number of oxazole rings is 1. The molecule has 108 valence electrons. The van der Waals surface area contributed by atoms with Gasteiger partial charge in [0.05, 0.1) is 11.8 Å². The zero-order chi connectivity index (χ0) is 14.8. The summed E-state index contributed by atoms with van der Waals surface area (Å²) in [6, 6.07) is 5.16. The van der Waals surface area contributed by atoms with Gasteiger partial charge in [0.25, 0.3) is 0 Å². The standard InChI is InChI=1S/C14H15F3N2O/c1-9(18-2)6-12-8-19-13(20-12)10-4-3-5-11(7-10)14(15,16)17/h3-5,7-9,18H,6H2,1-2H3. The van der Waals surface area contributed by atoms with Crippen LogP contribution < -0.4 is 5.32 Å². The predicted molar refractivity (Wildman–Crippen MR) is 69.2 cm³/mol. The van der Waals surface area contributed by atoms with Gasteiger partial charge < -0.3 is 9.73 Å². The van der Waals surface area contributed by atoms with Crippen molar-refractivity contribution in [2.24, 2.45) is 0 Å². The highest BCUT2D eigenvalue weighted by Gasteiger charge is 2.30. The molecule has 1 heterocycles. The summed E-state index contributed by atoms with van der Waals surface area (Å²) in [5.41, 5.74) is -0.387. The molecule has 0 radical (unpaired) electrons. The number of aromatic nitrogens is 1. The molecule has 0 aliphatic carbocycles. The van der Waals surface area contributed by atoms with E-state index in [9.17, 15) is 13.2 Å². The molecule has 1 N–H and O–H groups in total. The number of halogens is 3. The minimum atomic E-state index is -4.37. The van der Waals surface area contributed by atoms with Gasteiger partial charge in [0.1, 0.15) is 5.76 Å². The molecule has 6 heteroatoms. The van der Waals surface area contributed by atoms with Crippen molar-refractivity contribution in [3.8, 4) is 11.5 Å². The number of benzene rings is 1. The summed E-state index contributed by atoms with van der Waals surface area (Å²) in [4.78, 5) is 4.04. The maximum atomic E-state index is 12.6. The van der Waals surface area contributed by atoms with Crippen molar-refractivity contribution in [1.29, 1.82) is 0 Å². The van der Waals surface area contributed by atoms with Crippen LogP contribution in [0, 0.1) is 0 Å². The van der Waals surface area contributed by atoms with E-state index in [1.54, 1.807) is 12.3 Å². The Morgan fingerprint density at radius 3 is 2.75 bits per heavy atom. The topological polar surface area (TPSA) is 38.1 Å². The van der Waals surface area contributed by atoms with Crippen LogP contribution in [0.5, 0.6) is 0 Å². The number of likely N-dealkylation sites (N-methyl/N-ethyl adjacent to an activating group) is 1. The smallest absolute Gasteiger partial charge is 0.416 e. The molecule has 20 heavy (non-hydrogen) atoms. The summed E-state index contributed by atoms with van der Waals surface area (Å²) in [7, 11) is 1.83. The summed E-state index contributed by atoms with van der Waals surface area (Å²) in [6.07, 6.45) is -2.20. The first kappa shape index (κ1) is 14.6. The van der Waals surface area contributed by atoms with Crippen LogP contribution >= 0.6 is 0 Å². The first-order valence-corrected chi connectivity index (χ1v) is 6.19. The van der Waals surface area contributed by atoms with E-state index < -0.39 is 11.7 Å². The fraction of sp³-hybridized carbons (Fsp3) is 0.357. The number of nitrogens with one attached hydrogen (secondary N) is 1. The third-order valence-electron chi connectivity index (χ3n) is 2.99. The van der Waals surface area contributed by atoms with Gasteiger partial charge in [-0.2, -0.15) is 13.2 Å². The Hall–Kier alpha value is -1.82. The lowest BCUT2D eigenvalue weighted by Gasteiger charge is -2.07. The Kier molecular flexibility index (Phi) is 4.13. The van der Waals surface area contributed by atoms with Crippen LogP contribution in [0.25, 0.3) is 11.5 Å². The third kappa shape index (κ3) is 3.39. The maximum absolute atomic E-state index is 12.6. The van der Waals surface area contributed by atoms with E-state index in [4.69, 9.17) is 4.42 Å². The molecule has 0 fully saturated rings. The van der Waals surface area contributed by atoms with Crippen LogP contribution in [0.2, 0.25) is 0 Å². The van der Waals surface area contributed by atoms with Gasteiger partial charge in [-0.05, 0) is 32.2 Å². The molecular weight excluding hydrogens is 269 g/mol. The molecule has 2 aromatic rings. The fourth-order valence-electron chi connectivity index (χ4n) is 1.77. The van der Waals surface area contributed by atoms with E-state index in [-0.39, 0.29) is 11.9 Å². The van der Waals surface area contributed by atoms with Gasteiger partial charge in [-0.25, -0.2) is 4.98 Å². The molecule has 0 aliphatic rings. The molecular formula is C14H15F3N2O. The summed E-state index contributed by atoms with van der Waals surface area (Å²) >= 11 is 0. The first-order chi connectivity index (χ1) is 9.40. The van der Waals surface area contributed by atoms with Gasteiger partial charge >= 0.3 is 6.18 Å². The van der Waals surface area contributed by atoms with Crippen molar-refractivity contribution in [2.45, 2.75) is 25.6 Å². The number of alkyl halides is 3. The lowest BCUT2D eigenvalue weighted by atomic mass is 10.1. The molecule has 1 aromatic heterocycles. The van der Waals surface area contributed by atoms with Crippen molar-refractivity contribution in [3.63, 3.8) is 0 Å². The van der Waals surface area contributed by atoms with E-state index in [0.717, 1.165) is 12.1 Å². The summed E-state index contributed by atoms with van der Waals surface area (Å²) in [5.74, 6) is 0.841. The summed E-state index contributed by atoms with van der Waals surface area (Å²) in [5, 5.41) is 3.05. The van der Waals surface area contributed by atoms with Crippen molar-refractivity contribution < 1.29 is 17.6 Å². The van der Waals surface area contributed by atoms with Crippen LogP contribution in [0.15, 0.2) is 34.9 Å². The van der Waals surface area contributed by atoms with Gasteiger partial charge in [0.15, 0.2) is 0 Å². The minimum Gasteiger partial charge on any atom is -0.441 e. The Balaban J connectivity index is 2.24. The largest absolute Gasteiger partial charge is 0.441 e. The predicted octanol–water partition coefficient (Wildman–Crippen LogP) is 3.51. The maximum Gasteiger partial charge on any atom is 0.416 e. The molecule has 1 unspecified atom stereocenters. The van der Waals surface area contributed by atoms with Crippen molar-refractivity contribution in [3.05, 3.63) is 41.8 Å². The first-order valence-electron chi connectivity index (χ1n) is 6.19. The Bertz CT molecular complexity index is 578. The second kappa shape index (κ2) is 5.66. The van der Waals surface area contributed by atoms with Gasteiger partial charge in [-0.3, -0.25) is 0 Å². The van der Waals surface area contributed by atoms with Gasteiger partial charge in [0.2, 0.25) is 5.89 Å². The average molecular weight is 284 g/mol. The zero-order valence-electron chi connectivity index (χ0n) is 11.2. The zero-order valence-corrected chi connectivity index (χ0v) is 11.2. The molecule has 1 atom stereocenters. The van der Waals surface area contributed by atoms with Crippen LogP contribution in [-0.4, -0.2) is 18.1 Å². The van der Waals surface area contributed by atoms with E-state index in [1.165, 1.54) is 6.07 Å². The van der Waals surface area contributed by atoms with Crippen molar-refractivity contribution in [2.75, 3.05) is 7.05 Å². The van der Waals surface area contributed by atoms with Gasteiger partial charge in [0, 0.05) is 18.0 Å². The van der Waals surface area contributed by atoms with Crippen LogP contribution in [0.1, 0.15) is 18.2 Å². The van der Waals surface area contributed by atoms with Crippen LogP contribution in [0.3, 0.4) is 0 Å². The highest BCUT2D eigenvalue weighted by atomic mass is 19.4. The number of hydrogen-bond acceptors (Lipinski definition) is 3. The minimum absolute atomic E-state index is 0.203. The highest BCUT2D eigenvalue weighted by molar-refractivity contribution is 5.54. The van der Waals surface area contributed by atoms with E-state index in [2.05, 4.69) is 10.3 Å². The number of nitrogens with zero attached hydrogens (tertiary/aromatic N) is 1. The molecule has 2 rings (SSSR count). The van der Waals surface area contributed by atoms with E-state index in [0.29, 0.717) is 17.7 Å². The number of hydrogen-bond donors (Lipinski definition) is 1. The molecule has 0 bridgehead atoms. The quantitative estimate of drug-likeness (QED) is 0.933. The number of rotatable bonds is 4. The molecule has 0 saturated heterocycles. The molecule has 0 saturated carbocycles. The lowest BCUT2D eigenvalue weighted by Crippen LogP contribution is -2.23. The van der Waals surface area contributed by atoms with E-state index >= 15 is 0 Å². The monoisotopic (exact) mass is 284 g/mol. The summed E-state index contributed by atoms with van der Waals surface area (Å²) in [6.45, 7) is 1.98. The van der Waals surface area contributed by atoms with Gasteiger partial charge in [-0.15, -0.1) is 0 Å². The normalized spacial score (nSPS) is 13.4. The molecule has 0 aliphatic heterocycles. The second-order valence-corrected chi connectivity index (χ2v) is 4.60. The van der Waals surface area contributed by atoms with Crippen LogP contribution in [-0.2, 0) is 12.6 Å². The average Bonchev–Trinajstić information content (AvgIpc) is 2.86. The summed E-state index contributed by atoms with van der Waals surface area (Å²) < 4.78 is 43.4. The van der Waals surface area contributed by atoms with Crippen molar-refractivity contribution >= 4 is 0 Å². The Labute approximate surface area is 114 Å². The SMILES string of the molecule is CNC(C)Cc1cnc(-c2cccc(C(F)(F)F)c2)o1. The van der Waals surface area contributed by atoms with Crippen LogP contribution in [0.4, 0.5) is 13.2 Å². The molecule has 3 nitrogen and oxygen atoms in total. The van der Waals surface area contributed by atoms with Gasteiger partial charge in [-0.1, -0.05) is 6.07 Å². The fourth-order valence-corrected chi connectivity index (χ4v) is 1.77.